The molecule has 0 spiro atoms. The zero-order chi connectivity index (χ0) is 15.1. The van der Waals surface area contributed by atoms with Crippen molar-refractivity contribution in [3.8, 4) is 0 Å². The standard InChI is InChI=1S/C15H27N5O/c1-3-6-13-18-14(11(2)15(19-13)20-16)17-9-8-12-7-4-5-10-21-12/h12H,3-10,16H2,1-2H3,(H2,17,18,19,20). The van der Waals surface area contributed by atoms with Crippen LogP contribution in [-0.4, -0.2) is 29.2 Å². The molecule has 0 radical (unpaired) electrons. The second kappa shape index (κ2) is 8.14. The topological polar surface area (TPSA) is 85.1 Å². The van der Waals surface area contributed by atoms with Gasteiger partial charge >= 0.3 is 0 Å². The smallest absolute Gasteiger partial charge is 0.148 e. The second-order valence-corrected chi connectivity index (χ2v) is 5.56. The highest BCUT2D eigenvalue weighted by Gasteiger charge is 2.14. The van der Waals surface area contributed by atoms with Crippen LogP contribution in [0.2, 0.25) is 0 Å². The van der Waals surface area contributed by atoms with E-state index in [1.165, 1.54) is 19.3 Å². The molecular weight excluding hydrogens is 266 g/mol. The molecule has 1 aromatic heterocycles. The maximum atomic E-state index is 5.75. The van der Waals surface area contributed by atoms with Crippen molar-refractivity contribution in [2.45, 2.75) is 58.5 Å². The first-order valence-corrected chi connectivity index (χ1v) is 7.94. The van der Waals surface area contributed by atoms with Crippen molar-refractivity contribution >= 4 is 11.6 Å². The number of hydrazine groups is 1. The van der Waals surface area contributed by atoms with Crippen molar-refractivity contribution in [3.05, 3.63) is 11.4 Å². The molecule has 0 saturated carbocycles. The minimum absolute atomic E-state index is 0.385. The molecule has 1 fully saturated rings. The lowest BCUT2D eigenvalue weighted by molar-refractivity contribution is 0.0134. The maximum Gasteiger partial charge on any atom is 0.148 e. The Bertz CT molecular complexity index is 446. The van der Waals surface area contributed by atoms with Gasteiger partial charge in [0.15, 0.2) is 0 Å². The van der Waals surface area contributed by atoms with Crippen molar-refractivity contribution < 1.29 is 4.74 Å². The minimum Gasteiger partial charge on any atom is -0.378 e. The van der Waals surface area contributed by atoms with Crippen LogP contribution in [-0.2, 0) is 11.2 Å². The molecule has 0 aliphatic carbocycles. The molecule has 2 rings (SSSR count). The Morgan fingerprint density at radius 2 is 2.10 bits per heavy atom. The van der Waals surface area contributed by atoms with E-state index in [0.29, 0.717) is 11.9 Å². The molecule has 0 amide bonds. The van der Waals surface area contributed by atoms with Gasteiger partial charge < -0.3 is 15.5 Å². The Kier molecular flexibility index (Phi) is 6.20. The molecule has 1 aliphatic heterocycles. The molecule has 2 heterocycles. The third-order valence-electron chi connectivity index (χ3n) is 3.84. The first-order valence-electron chi connectivity index (χ1n) is 7.94. The van der Waals surface area contributed by atoms with Crippen LogP contribution >= 0.6 is 0 Å². The Morgan fingerprint density at radius 1 is 1.29 bits per heavy atom. The zero-order valence-corrected chi connectivity index (χ0v) is 13.1. The number of nitrogens with one attached hydrogen (secondary N) is 2. The average Bonchev–Trinajstić information content (AvgIpc) is 2.51. The summed E-state index contributed by atoms with van der Waals surface area (Å²) in [5.74, 6) is 7.94. The summed E-state index contributed by atoms with van der Waals surface area (Å²) in [5, 5.41) is 3.41. The van der Waals surface area contributed by atoms with E-state index in [4.69, 9.17) is 10.6 Å². The van der Waals surface area contributed by atoms with E-state index < -0.39 is 0 Å². The minimum atomic E-state index is 0.385. The third kappa shape index (κ3) is 4.54. The molecule has 1 atom stereocenters. The normalized spacial score (nSPS) is 18.5. The van der Waals surface area contributed by atoms with E-state index in [0.717, 1.165) is 49.6 Å². The predicted molar refractivity (Wildman–Crippen MR) is 85.3 cm³/mol. The van der Waals surface area contributed by atoms with Gasteiger partial charge in [-0.3, -0.25) is 0 Å². The molecule has 6 nitrogen and oxygen atoms in total. The number of rotatable bonds is 7. The Morgan fingerprint density at radius 3 is 2.76 bits per heavy atom. The van der Waals surface area contributed by atoms with Gasteiger partial charge in [-0.1, -0.05) is 6.92 Å². The van der Waals surface area contributed by atoms with Crippen molar-refractivity contribution in [2.24, 2.45) is 5.84 Å². The largest absolute Gasteiger partial charge is 0.378 e. The summed E-state index contributed by atoms with van der Waals surface area (Å²) >= 11 is 0. The summed E-state index contributed by atoms with van der Waals surface area (Å²) in [6, 6.07) is 0. The molecule has 1 unspecified atom stereocenters. The van der Waals surface area contributed by atoms with E-state index in [-0.39, 0.29) is 0 Å². The quantitative estimate of drug-likeness (QED) is 0.529. The lowest BCUT2D eigenvalue weighted by atomic mass is 10.1. The number of aromatic nitrogens is 2. The fraction of sp³-hybridized carbons (Fsp3) is 0.733. The van der Waals surface area contributed by atoms with Gasteiger partial charge in [-0.2, -0.15) is 0 Å². The number of hydrogen-bond donors (Lipinski definition) is 3. The third-order valence-corrected chi connectivity index (χ3v) is 3.84. The van der Waals surface area contributed by atoms with Crippen molar-refractivity contribution in [2.75, 3.05) is 23.9 Å². The Hall–Kier alpha value is -1.40. The summed E-state index contributed by atoms with van der Waals surface area (Å²) in [7, 11) is 0. The molecule has 0 aromatic carbocycles. The van der Waals surface area contributed by atoms with Gasteiger partial charge in [0, 0.05) is 25.1 Å². The van der Waals surface area contributed by atoms with Crippen LogP contribution in [0.5, 0.6) is 0 Å². The molecule has 6 heteroatoms. The zero-order valence-electron chi connectivity index (χ0n) is 13.1. The van der Waals surface area contributed by atoms with Gasteiger partial charge in [0.25, 0.3) is 0 Å². The van der Waals surface area contributed by atoms with Gasteiger partial charge in [0.1, 0.15) is 17.5 Å². The van der Waals surface area contributed by atoms with Crippen LogP contribution in [0.25, 0.3) is 0 Å². The lowest BCUT2D eigenvalue weighted by Crippen LogP contribution is -2.22. The highest BCUT2D eigenvalue weighted by Crippen LogP contribution is 2.21. The number of anilines is 2. The Labute approximate surface area is 126 Å². The van der Waals surface area contributed by atoms with Crippen LogP contribution in [0, 0.1) is 6.92 Å². The summed E-state index contributed by atoms with van der Waals surface area (Å²) in [6.45, 7) is 5.85. The molecule has 0 bridgehead atoms. The van der Waals surface area contributed by atoms with Crippen LogP contribution in [0.4, 0.5) is 11.6 Å². The molecule has 118 valence electrons. The number of hydrogen-bond acceptors (Lipinski definition) is 6. The fourth-order valence-corrected chi connectivity index (χ4v) is 2.60. The molecular formula is C15H27N5O. The summed E-state index contributed by atoms with van der Waals surface area (Å²) in [6.07, 6.45) is 6.91. The maximum absolute atomic E-state index is 5.75. The van der Waals surface area contributed by atoms with Crippen LogP contribution < -0.4 is 16.6 Å². The van der Waals surface area contributed by atoms with E-state index in [9.17, 15) is 0 Å². The van der Waals surface area contributed by atoms with Crippen LogP contribution in [0.3, 0.4) is 0 Å². The van der Waals surface area contributed by atoms with Crippen molar-refractivity contribution in [3.63, 3.8) is 0 Å². The number of nitrogen functional groups attached to an aromatic ring is 1. The number of ether oxygens (including phenoxy) is 1. The van der Waals surface area contributed by atoms with E-state index >= 15 is 0 Å². The van der Waals surface area contributed by atoms with Crippen molar-refractivity contribution in [1.29, 1.82) is 0 Å². The molecule has 1 aliphatic rings. The molecule has 4 N–H and O–H groups in total. The van der Waals surface area contributed by atoms with Crippen LogP contribution in [0.15, 0.2) is 0 Å². The SMILES string of the molecule is CCCc1nc(NN)c(C)c(NCCC2CCCCO2)n1. The fourth-order valence-electron chi connectivity index (χ4n) is 2.60. The van der Waals surface area contributed by atoms with Crippen LogP contribution in [0.1, 0.15) is 50.4 Å². The van der Waals surface area contributed by atoms with Gasteiger partial charge in [-0.15, -0.1) is 0 Å². The average molecular weight is 293 g/mol. The van der Waals surface area contributed by atoms with Gasteiger partial charge in [0.05, 0.1) is 6.10 Å². The Balaban J connectivity index is 1.95. The van der Waals surface area contributed by atoms with E-state index in [1.807, 2.05) is 6.92 Å². The van der Waals surface area contributed by atoms with E-state index in [1.54, 1.807) is 0 Å². The van der Waals surface area contributed by atoms with Gasteiger partial charge in [-0.05, 0) is 39.0 Å². The monoisotopic (exact) mass is 293 g/mol. The molecule has 1 saturated heterocycles. The van der Waals surface area contributed by atoms with Crippen molar-refractivity contribution in [1.82, 2.24) is 9.97 Å². The summed E-state index contributed by atoms with van der Waals surface area (Å²) in [5.41, 5.74) is 3.62. The lowest BCUT2D eigenvalue weighted by Gasteiger charge is -2.23. The molecule has 21 heavy (non-hydrogen) atoms. The predicted octanol–water partition coefficient (Wildman–Crippen LogP) is 2.39. The van der Waals surface area contributed by atoms with E-state index in [2.05, 4.69) is 27.6 Å². The summed E-state index contributed by atoms with van der Waals surface area (Å²) in [4.78, 5) is 9.02. The highest BCUT2D eigenvalue weighted by molar-refractivity contribution is 5.56. The number of nitrogens with zero attached hydrogens (tertiary/aromatic N) is 2. The van der Waals surface area contributed by atoms with Gasteiger partial charge in [-0.25, -0.2) is 15.8 Å². The molecule has 1 aromatic rings. The second-order valence-electron chi connectivity index (χ2n) is 5.56. The first-order chi connectivity index (χ1) is 10.2. The number of aryl methyl sites for hydroxylation is 1. The number of nitrogens with two attached hydrogens (primary N) is 1. The summed E-state index contributed by atoms with van der Waals surface area (Å²) < 4.78 is 5.75. The highest BCUT2D eigenvalue weighted by atomic mass is 16.5. The first kappa shape index (κ1) is 16.0. The van der Waals surface area contributed by atoms with Gasteiger partial charge in [0.2, 0.25) is 0 Å².